The zero-order chi connectivity index (χ0) is 13.8. The van der Waals surface area contributed by atoms with E-state index < -0.39 is 0 Å². The van der Waals surface area contributed by atoms with E-state index in [2.05, 4.69) is 31.6 Å². The van der Waals surface area contributed by atoms with Crippen molar-refractivity contribution in [1.29, 1.82) is 0 Å². The van der Waals surface area contributed by atoms with E-state index in [-0.39, 0.29) is 11.9 Å². The van der Waals surface area contributed by atoms with E-state index in [0.717, 1.165) is 16.7 Å². The maximum atomic E-state index is 14.0. The van der Waals surface area contributed by atoms with Crippen LogP contribution in [-0.2, 0) is 13.5 Å². The largest absolute Gasteiger partial charge is 0.310 e. The van der Waals surface area contributed by atoms with Gasteiger partial charge in [0.05, 0.1) is 5.69 Å². The fourth-order valence-electron chi connectivity index (χ4n) is 2.06. The van der Waals surface area contributed by atoms with Crippen molar-refractivity contribution < 1.29 is 4.39 Å². The molecule has 2 aromatic rings. The van der Waals surface area contributed by atoms with Crippen LogP contribution in [0.25, 0.3) is 0 Å². The smallest absolute Gasteiger partial charge is 0.129 e. The van der Waals surface area contributed by atoms with E-state index in [4.69, 9.17) is 0 Å². The van der Waals surface area contributed by atoms with Crippen LogP contribution in [0.5, 0.6) is 0 Å². The molecule has 0 bridgehead atoms. The molecule has 0 aliphatic carbocycles. The molecular formula is C13H16BrFN4. The number of nitrogens with zero attached hydrogens (tertiary/aromatic N) is 3. The summed E-state index contributed by atoms with van der Waals surface area (Å²) in [7, 11) is 1.82. The van der Waals surface area contributed by atoms with E-state index in [1.807, 2.05) is 26.2 Å². The summed E-state index contributed by atoms with van der Waals surface area (Å²) in [6.07, 6.45) is 2.44. The van der Waals surface area contributed by atoms with Crippen molar-refractivity contribution in [1.82, 2.24) is 20.3 Å². The molecule has 1 atom stereocenters. The molecule has 1 unspecified atom stereocenters. The Hall–Kier alpha value is -1.27. The molecule has 1 aromatic heterocycles. The van der Waals surface area contributed by atoms with Gasteiger partial charge >= 0.3 is 0 Å². The van der Waals surface area contributed by atoms with Gasteiger partial charge in [-0.25, -0.2) is 4.39 Å². The number of hydrogen-bond donors (Lipinski definition) is 1. The first-order valence-electron chi connectivity index (χ1n) is 6.14. The van der Waals surface area contributed by atoms with Crippen LogP contribution in [0, 0.1) is 5.82 Å². The lowest BCUT2D eigenvalue weighted by Gasteiger charge is -2.19. The first-order chi connectivity index (χ1) is 9.11. The summed E-state index contributed by atoms with van der Waals surface area (Å²) in [5.74, 6) is -0.218. The third-order valence-corrected chi connectivity index (χ3v) is 3.55. The van der Waals surface area contributed by atoms with E-state index in [9.17, 15) is 4.39 Å². The van der Waals surface area contributed by atoms with Gasteiger partial charge in [0.2, 0.25) is 0 Å². The molecule has 1 aromatic carbocycles. The summed E-state index contributed by atoms with van der Waals surface area (Å²) in [4.78, 5) is 0. The standard InChI is InChI=1S/C13H16BrFN4/c1-3-16-12(7-9-8-19(2)18-17-9)13-10(14)5-4-6-11(13)15/h4-6,8,12,16H,3,7H2,1-2H3. The van der Waals surface area contributed by atoms with Crippen molar-refractivity contribution in [2.45, 2.75) is 19.4 Å². The van der Waals surface area contributed by atoms with E-state index in [1.54, 1.807) is 10.7 Å². The molecule has 0 spiro atoms. The number of aryl methyl sites for hydroxylation is 1. The van der Waals surface area contributed by atoms with Crippen LogP contribution in [0.2, 0.25) is 0 Å². The van der Waals surface area contributed by atoms with Crippen molar-refractivity contribution >= 4 is 15.9 Å². The third-order valence-electron chi connectivity index (χ3n) is 2.86. The Labute approximate surface area is 120 Å². The topological polar surface area (TPSA) is 42.7 Å². The maximum absolute atomic E-state index is 14.0. The second kappa shape index (κ2) is 6.25. The number of benzene rings is 1. The first-order valence-corrected chi connectivity index (χ1v) is 6.93. The van der Waals surface area contributed by atoms with Crippen molar-refractivity contribution in [2.24, 2.45) is 7.05 Å². The van der Waals surface area contributed by atoms with Crippen LogP contribution in [0.4, 0.5) is 4.39 Å². The number of halogens is 2. The van der Waals surface area contributed by atoms with Crippen molar-refractivity contribution in [3.05, 3.63) is 45.9 Å². The third kappa shape index (κ3) is 3.39. The summed E-state index contributed by atoms with van der Waals surface area (Å²) in [6.45, 7) is 2.75. The fraction of sp³-hybridized carbons (Fsp3) is 0.385. The molecule has 102 valence electrons. The lowest BCUT2D eigenvalue weighted by atomic mass is 10.0. The highest BCUT2D eigenvalue weighted by Gasteiger charge is 2.19. The van der Waals surface area contributed by atoms with E-state index in [0.29, 0.717) is 12.0 Å². The molecule has 4 nitrogen and oxygen atoms in total. The molecule has 0 saturated heterocycles. The molecule has 0 aliphatic heterocycles. The van der Waals surface area contributed by atoms with Gasteiger partial charge in [0.25, 0.3) is 0 Å². The van der Waals surface area contributed by atoms with Crippen molar-refractivity contribution in [3.8, 4) is 0 Å². The second-order valence-corrected chi connectivity index (χ2v) is 5.19. The average Bonchev–Trinajstić information content (AvgIpc) is 2.75. The number of nitrogens with one attached hydrogen (secondary N) is 1. The Morgan fingerprint density at radius 1 is 1.47 bits per heavy atom. The summed E-state index contributed by atoms with van der Waals surface area (Å²) in [6, 6.07) is 4.88. The van der Waals surface area contributed by atoms with Crippen LogP contribution in [-0.4, -0.2) is 21.5 Å². The summed E-state index contributed by atoms with van der Waals surface area (Å²) < 4.78 is 16.4. The number of aromatic nitrogens is 3. The summed E-state index contributed by atoms with van der Waals surface area (Å²) >= 11 is 3.42. The lowest BCUT2D eigenvalue weighted by molar-refractivity contribution is 0.503. The van der Waals surface area contributed by atoms with Crippen molar-refractivity contribution in [3.63, 3.8) is 0 Å². The summed E-state index contributed by atoms with van der Waals surface area (Å²) in [5, 5.41) is 11.3. The second-order valence-electron chi connectivity index (χ2n) is 4.33. The molecule has 1 heterocycles. The van der Waals surface area contributed by atoms with Crippen LogP contribution < -0.4 is 5.32 Å². The Bertz CT molecular complexity index is 535. The van der Waals surface area contributed by atoms with Crippen LogP contribution in [0.1, 0.15) is 24.2 Å². The minimum Gasteiger partial charge on any atom is -0.310 e. The Morgan fingerprint density at radius 2 is 2.26 bits per heavy atom. The van der Waals surface area contributed by atoms with Crippen LogP contribution in [0.15, 0.2) is 28.9 Å². The van der Waals surface area contributed by atoms with Gasteiger partial charge < -0.3 is 5.32 Å². The van der Waals surface area contributed by atoms with E-state index >= 15 is 0 Å². The zero-order valence-electron chi connectivity index (χ0n) is 10.9. The Morgan fingerprint density at radius 3 is 2.84 bits per heavy atom. The number of hydrogen-bond acceptors (Lipinski definition) is 3. The minimum absolute atomic E-state index is 0.128. The maximum Gasteiger partial charge on any atom is 0.129 e. The van der Waals surface area contributed by atoms with Gasteiger partial charge in [-0.2, -0.15) is 0 Å². The van der Waals surface area contributed by atoms with Gasteiger partial charge in [-0.1, -0.05) is 34.1 Å². The predicted octanol–water partition coefficient (Wildman–Crippen LogP) is 2.61. The molecular weight excluding hydrogens is 311 g/mol. The minimum atomic E-state index is -0.218. The van der Waals surface area contributed by atoms with Gasteiger partial charge in [0, 0.05) is 35.7 Å². The van der Waals surface area contributed by atoms with E-state index in [1.165, 1.54) is 6.07 Å². The Balaban J connectivity index is 2.29. The van der Waals surface area contributed by atoms with Gasteiger partial charge in [0.15, 0.2) is 0 Å². The molecule has 0 radical (unpaired) electrons. The predicted molar refractivity (Wildman–Crippen MR) is 75.2 cm³/mol. The monoisotopic (exact) mass is 326 g/mol. The Kier molecular flexibility index (Phi) is 4.66. The summed E-state index contributed by atoms with van der Waals surface area (Å²) in [5.41, 5.74) is 1.47. The van der Waals surface area contributed by atoms with Crippen LogP contribution in [0.3, 0.4) is 0 Å². The van der Waals surface area contributed by atoms with Gasteiger partial charge in [0.1, 0.15) is 5.82 Å². The van der Waals surface area contributed by atoms with Crippen LogP contribution >= 0.6 is 15.9 Å². The highest BCUT2D eigenvalue weighted by molar-refractivity contribution is 9.10. The average molecular weight is 327 g/mol. The molecule has 0 saturated carbocycles. The molecule has 0 aliphatic rings. The normalized spacial score (nSPS) is 12.6. The SMILES string of the molecule is CCNC(Cc1cn(C)nn1)c1c(F)cccc1Br. The molecule has 0 fully saturated rings. The molecule has 0 amide bonds. The van der Waals surface area contributed by atoms with Crippen molar-refractivity contribution in [2.75, 3.05) is 6.54 Å². The number of rotatable bonds is 5. The molecule has 2 rings (SSSR count). The molecule has 6 heteroatoms. The number of likely N-dealkylation sites (N-methyl/N-ethyl adjacent to an activating group) is 1. The van der Waals surface area contributed by atoms with Gasteiger partial charge in [-0.3, -0.25) is 4.68 Å². The lowest BCUT2D eigenvalue weighted by Crippen LogP contribution is -2.24. The highest BCUT2D eigenvalue weighted by atomic mass is 79.9. The highest BCUT2D eigenvalue weighted by Crippen LogP contribution is 2.28. The van der Waals surface area contributed by atoms with Gasteiger partial charge in [-0.15, -0.1) is 5.10 Å². The molecule has 1 N–H and O–H groups in total. The molecule has 19 heavy (non-hydrogen) atoms. The fourth-order valence-corrected chi connectivity index (χ4v) is 2.68. The quantitative estimate of drug-likeness (QED) is 0.918. The zero-order valence-corrected chi connectivity index (χ0v) is 12.5. The first kappa shape index (κ1) is 14.1. The van der Waals surface area contributed by atoms with Gasteiger partial charge in [-0.05, 0) is 18.7 Å².